The molecule has 1 aromatic heterocycles. The Morgan fingerprint density at radius 2 is 2.40 bits per heavy atom. The van der Waals surface area contributed by atoms with Crippen molar-refractivity contribution >= 4 is 39.3 Å². The minimum absolute atomic E-state index is 0.120. The van der Waals surface area contributed by atoms with E-state index in [1.807, 2.05) is 0 Å². The minimum atomic E-state index is 0.120. The van der Waals surface area contributed by atoms with Crippen molar-refractivity contribution in [3.8, 4) is 0 Å². The summed E-state index contributed by atoms with van der Waals surface area (Å²) >= 11 is 9.18. The molecule has 1 saturated heterocycles. The molecule has 1 fully saturated rings. The van der Waals surface area contributed by atoms with E-state index < -0.39 is 0 Å². The SMILES string of the molecule is O=C1CC(CBr)CN1c1cccc(Cl)n1. The summed E-state index contributed by atoms with van der Waals surface area (Å²) in [5.74, 6) is 1.14. The molecule has 0 saturated carbocycles. The molecular formula is C10H10BrClN2O. The van der Waals surface area contributed by atoms with E-state index in [2.05, 4.69) is 20.9 Å². The molecule has 0 spiro atoms. The van der Waals surface area contributed by atoms with Crippen molar-refractivity contribution in [3.05, 3.63) is 23.4 Å². The van der Waals surface area contributed by atoms with Gasteiger partial charge in [-0.3, -0.25) is 9.69 Å². The molecule has 1 aliphatic heterocycles. The summed E-state index contributed by atoms with van der Waals surface area (Å²) in [5.41, 5.74) is 0. The van der Waals surface area contributed by atoms with Crippen LogP contribution in [-0.2, 0) is 4.79 Å². The molecule has 1 aliphatic rings. The predicted octanol–water partition coefficient (Wildman–Crippen LogP) is 2.48. The molecular weight excluding hydrogens is 279 g/mol. The summed E-state index contributed by atoms with van der Waals surface area (Å²) in [6, 6.07) is 5.31. The van der Waals surface area contributed by atoms with Crippen LogP contribution in [0.25, 0.3) is 0 Å². The van der Waals surface area contributed by atoms with E-state index >= 15 is 0 Å². The van der Waals surface area contributed by atoms with Crippen molar-refractivity contribution in [1.29, 1.82) is 0 Å². The molecule has 0 bridgehead atoms. The number of hydrogen-bond acceptors (Lipinski definition) is 2. The molecule has 0 aliphatic carbocycles. The molecule has 1 atom stereocenters. The van der Waals surface area contributed by atoms with E-state index in [0.717, 1.165) is 11.9 Å². The van der Waals surface area contributed by atoms with Crippen molar-refractivity contribution in [2.75, 3.05) is 16.8 Å². The van der Waals surface area contributed by atoms with Gasteiger partial charge in [-0.1, -0.05) is 33.6 Å². The van der Waals surface area contributed by atoms with Crippen LogP contribution in [0.15, 0.2) is 18.2 Å². The van der Waals surface area contributed by atoms with E-state index in [-0.39, 0.29) is 5.91 Å². The topological polar surface area (TPSA) is 33.2 Å². The summed E-state index contributed by atoms with van der Waals surface area (Å²) < 4.78 is 0. The molecule has 15 heavy (non-hydrogen) atoms. The number of nitrogens with zero attached hydrogens (tertiary/aromatic N) is 2. The normalized spacial score (nSPS) is 21.1. The predicted molar refractivity (Wildman–Crippen MR) is 63.5 cm³/mol. The largest absolute Gasteiger partial charge is 0.296 e. The lowest BCUT2D eigenvalue weighted by Gasteiger charge is -2.14. The van der Waals surface area contributed by atoms with Gasteiger partial charge in [0.2, 0.25) is 5.91 Å². The number of aromatic nitrogens is 1. The molecule has 0 radical (unpaired) electrons. The average Bonchev–Trinajstić information content (AvgIpc) is 2.60. The van der Waals surface area contributed by atoms with Gasteiger partial charge in [-0.15, -0.1) is 0 Å². The quantitative estimate of drug-likeness (QED) is 0.619. The number of rotatable bonds is 2. The fourth-order valence-electron chi connectivity index (χ4n) is 1.65. The second-order valence-corrected chi connectivity index (χ2v) is 4.58. The molecule has 3 nitrogen and oxygen atoms in total. The maximum absolute atomic E-state index is 11.7. The van der Waals surface area contributed by atoms with Crippen LogP contribution in [0.3, 0.4) is 0 Å². The van der Waals surface area contributed by atoms with Gasteiger partial charge in [0, 0.05) is 18.3 Å². The summed E-state index contributed by atoms with van der Waals surface area (Å²) in [4.78, 5) is 17.5. The van der Waals surface area contributed by atoms with Gasteiger partial charge < -0.3 is 0 Å². The molecule has 0 aromatic carbocycles. The highest BCUT2D eigenvalue weighted by molar-refractivity contribution is 9.09. The van der Waals surface area contributed by atoms with E-state index in [9.17, 15) is 4.79 Å². The summed E-state index contributed by atoms with van der Waals surface area (Å²) in [6.07, 6.45) is 0.583. The Balaban J connectivity index is 2.21. The third-order valence-electron chi connectivity index (χ3n) is 2.40. The second kappa shape index (κ2) is 4.49. The molecule has 0 N–H and O–H groups in total. The third-order valence-corrected chi connectivity index (χ3v) is 3.53. The van der Waals surface area contributed by atoms with Crippen molar-refractivity contribution in [2.45, 2.75) is 6.42 Å². The monoisotopic (exact) mass is 288 g/mol. The van der Waals surface area contributed by atoms with Crippen LogP contribution >= 0.6 is 27.5 Å². The molecule has 2 heterocycles. The zero-order valence-corrected chi connectivity index (χ0v) is 10.3. The number of amides is 1. The number of carbonyl (C=O) groups excluding carboxylic acids is 1. The lowest BCUT2D eigenvalue weighted by Crippen LogP contribution is -2.25. The first-order valence-electron chi connectivity index (χ1n) is 4.69. The maximum Gasteiger partial charge on any atom is 0.228 e. The molecule has 5 heteroatoms. The number of pyridine rings is 1. The Labute approximate surface area is 102 Å². The highest BCUT2D eigenvalue weighted by Gasteiger charge is 2.30. The first-order chi connectivity index (χ1) is 7.20. The Hall–Kier alpha value is -0.610. The molecule has 1 unspecified atom stereocenters. The fraction of sp³-hybridized carbons (Fsp3) is 0.400. The third kappa shape index (κ3) is 2.32. The van der Waals surface area contributed by atoms with Crippen molar-refractivity contribution < 1.29 is 4.79 Å². The van der Waals surface area contributed by atoms with Gasteiger partial charge in [-0.2, -0.15) is 0 Å². The van der Waals surface area contributed by atoms with Gasteiger partial charge in [0.25, 0.3) is 0 Å². The van der Waals surface area contributed by atoms with Crippen LogP contribution in [0.5, 0.6) is 0 Å². The van der Waals surface area contributed by atoms with E-state index in [0.29, 0.717) is 23.3 Å². The number of carbonyl (C=O) groups is 1. The Morgan fingerprint density at radius 1 is 1.60 bits per heavy atom. The summed E-state index contributed by atoms with van der Waals surface area (Å²) in [7, 11) is 0. The highest BCUT2D eigenvalue weighted by atomic mass is 79.9. The first kappa shape index (κ1) is 10.9. The van der Waals surface area contributed by atoms with Crippen LogP contribution < -0.4 is 4.90 Å². The lowest BCUT2D eigenvalue weighted by molar-refractivity contribution is -0.117. The van der Waals surface area contributed by atoms with Crippen LogP contribution in [0.2, 0.25) is 5.15 Å². The minimum Gasteiger partial charge on any atom is -0.296 e. The number of anilines is 1. The van der Waals surface area contributed by atoms with E-state index in [1.165, 1.54) is 0 Å². The maximum atomic E-state index is 11.7. The lowest BCUT2D eigenvalue weighted by atomic mass is 10.2. The Morgan fingerprint density at radius 3 is 3.00 bits per heavy atom. The van der Waals surface area contributed by atoms with E-state index in [1.54, 1.807) is 23.1 Å². The standard InChI is InChI=1S/C10H10BrClN2O/c11-5-7-4-10(15)14(6-7)9-3-1-2-8(12)13-9/h1-3,7H,4-6H2. The van der Waals surface area contributed by atoms with Gasteiger partial charge in [0.15, 0.2) is 0 Å². The molecule has 2 rings (SSSR count). The van der Waals surface area contributed by atoms with Gasteiger partial charge in [0.05, 0.1) is 0 Å². The highest BCUT2D eigenvalue weighted by Crippen LogP contribution is 2.25. The van der Waals surface area contributed by atoms with Gasteiger partial charge in [0.1, 0.15) is 11.0 Å². The smallest absolute Gasteiger partial charge is 0.228 e. The van der Waals surface area contributed by atoms with Gasteiger partial charge in [-0.05, 0) is 18.1 Å². The van der Waals surface area contributed by atoms with Crippen LogP contribution in [0.4, 0.5) is 5.82 Å². The molecule has 80 valence electrons. The van der Waals surface area contributed by atoms with Crippen molar-refractivity contribution in [3.63, 3.8) is 0 Å². The van der Waals surface area contributed by atoms with Gasteiger partial charge in [-0.25, -0.2) is 4.98 Å². The van der Waals surface area contributed by atoms with Crippen LogP contribution in [-0.4, -0.2) is 22.8 Å². The summed E-state index contributed by atoms with van der Waals surface area (Å²) in [6.45, 7) is 0.720. The van der Waals surface area contributed by atoms with E-state index in [4.69, 9.17) is 11.6 Å². The van der Waals surface area contributed by atoms with Gasteiger partial charge >= 0.3 is 0 Å². The zero-order valence-electron chi connectivity index (χ0n) is 7.99. The zero-order chi connectivity index (χ0) is 10.8. The number of halogens is 2. The van der Waals surface area contributed by atoms with Crippen LogP contribution in [0, 0.1) is 5.92 Å². The Kier molecular flexibility index (Phi) is 3.26. The summed E-state index contributed by atoms with van der Waals surface area (Å²) in [5, 5.41) is 1.26. The number of hydrogen-bond donors (Lipinski definition) is 0. The fourth-order valence-corrected chi connectivity index (χ4v) is 2.25. The molecule has 1 aromatic rings. The number of alkyl halides is 1. The van der Waals surface area contributed by atoms with Crippen molar-refractivity contribution in [1.82, 2.24) is 4.98 Å². The first-order valence-corrected chi connectivity index (χ1v) is 6.19. The molecule has 1 amide bonds. The Bertz CT molecular complexity index is 385. The average molecular weight is 290 g/mol. The van der Waals surface area contributed by atoms with Crippen molar-refractivity contribution in [2.24, 2.45) is 5.92 Å². The van der Waals surface area contributed by atoms with Crippen LogP contribution in [0.1, 0.15) is 6.42 Å². The second-order valence-electron chi connectivity index (χ2n) is 3.55.